The van der Waals surface area contributed by atoms with Crippen LogP contribution >= 0.6 is 11.6 Å². The van der Waals surface area contributed by atoms with Crippen molar-refractivity contribution in [1.82, 2.24) is 20.2 Å². The van der Waals surface area contributed by atoms with Crippen LogP contribution in [0.1, 0.15) is 13.0 Å². The molecule has 7 heteroatoms. The summed E-state index contributed by atoms with van der Waals surface area (Å²) >= 11 is 5.90. The Morgan fingerprint density at radius 2 is 1.96 bits per heavy atom. The molecular weight excluding hydrogens is 314 g/mol. The Balaban J connectivity index is 1.74. The summed E-state index contributed by atoms with van der Waals surface area (Å²) in [6.07, 6.45) is 0. The smallest absolute Gasteiger partial charge is 0.250 e. The maximum Gasteiger partial charge on any atom is 0.250 e. The molecule has 1 atom stereocenters. The van der Waals surface area contributed by atoms with Gasteiger partial charge in [-0.2, -0.15) is 4.80 Å². The predicted molar refractivity (Wildman–Crippen MR) is 88.0 cm³/mol. The first kappa shape index (κ1) is 15.2. The van der Waals surface area contributed by atoms with Crippen LogP contribution in [0.5, 0.6) is 0 Å². The number of tetrazole rings is 1. The lowest BCUT2D eigenvalue weighted by atomic mass is 10.2. The van der Waals surface area contributed by atoms with Crippen molar-refractivity contribution >= 4 is 23.2 Å². The van der Waals surface area contributed by atoms with Gasteiger partial charge in [0.05, 0.1) is 0 Å². The van der Waals surface area contributed by atoms with Crippen molar-refractivity contribution in [2.45, 2.75) is 13.0 Å². The average molecular weight is 328 g/mol. The maximum atomic E-state index is 12.3. The van der Waals surface area contributed by atoms with E-state index in [9.17, 15) is 4.79 Å². The van der Waals surface area contributed by atoms with E-state index in [0.717, 1.165) is 5.56 Å². The Bertz CT molecular complexity index is 818. The number of rotatable bonds is 4. The fraction of sp³-hybridized carbons (Fsp3) is 0.125. The molecule has 1 N–H and O–H groups in total. The zero-order valence-corrected chi connectivity index (χ0v) is 13.1. The van der Waals surface area contributed by atoms with Crippen LogP contribution < -0.4 is 5.32 Å². The van der Waals surface area contributed by atoms with Gasteiger partial charge >= 0.3 is 0 Å². The van der Waals surface area contributed by atoms with E-state index in [1.807, 2.05) is 30.3 Å². The van der Waals surface area contributed by atoms with Crippen molar-refractivity contribution in [3.05, 3.63) is 59.6 Å². The van der Waals surface area contributed by atoms with E-state index in [1.54, 1.807) is 31.2 Å². The lowest BCUT2D eigenvalue weighted by Crippen LogP contribution is -2.25. The van der Waals surface area contributed by atoms with E-state index in [0.29, 0.717) is 16.5 Å². The molecular formula is C16H14ClN5O. The van der Waals surface area contributed by atoms with Crippen molar-refractivity contribution in [3.8, 4) is 11.4 Å². The maximum absolute atomic E-state index is 12.3. The summed E-state index contributed by atoms with van der Waals surface area (Å²) in [5, 5.41) is 15.6. The summed E-state index contributed by atoms with van der Waals surface area (Å²) in [7, 11) is 0. The summed E-state index contributed by atoms with van der Waals surface area (Å²) < 4.78 is 0. The normalized spacial score (nSPS) is 11.9. The molecule has 0 radical (unpaired) electrons. The zero-order chi connectivity index (χ0) is 16.2. The van der Waals surface area contributed by atoms with Gasteiger partial charge in [-0.1, -0.05) is 48.0 Å². The minimum absolute atomic E-state index is 0.246. The molecule has 0 bridgehead atoms. The van der Waals surface area contributed by atoms with E-state index in [-0.39, 0.29) is 5.91 Å². The van der Waals surface area contributed by atoms with Crippen LogP contribution in [0.2, 0.25) is 5.02 Å². The van der Waals surface area contributed by atoms with Gasteiger partial charge in [-0.05, 0) is 30.3 Å². The van der Waals surface area contributed by atoms with Gasteiger partial charge < -0.3 is 5.32 Å². The molecule has 1 aromatic heterocycles. The van der Waals surface area contributed by atoms with Crippen LogP contribution in [0.25, 0.3) is 11.4 Å². The summed E-state index contributed by atoms with van der Waals surface area (Å²) in [6.45, 7) is 1.70. The molecule has 116 valence electrons. The zero-order valence-electron chi connectivity index (χ0n) is 12.3. The van der Waals surface area contributed by atoms with Gasteiger partial charge in [-0.15, -0.1) is 10.2 Å². The first-order chi connectivity index (χ1) is 11.1. The van der Waals surface area contributed by atoms with Gasteiger partial charge in [0.25, 0.3) is 5.91 Å². The standard InChI is InChI=1S/C16H14ClN5O/c1-11(16(23)18-14-9-5-8-13(17)10-14)22-20-15(19-21-22)12-6-3-2-4-7-12/h2-11H,1H3,(H,18,23). The van der Waals surface area contributed by atoms with E-state index in [4.69, 9.17) is 11.6 Å². The fourth-order valence-electron chi connectivity index (χ4n) is 2.01. The molecule has 0 saturated carbocycles. The minimum Gasteiger partial charge on any atom is -0.324 e. The Kier molecular flexibility index (Phi) is 4.34. The first-order valence-corrected chi connectivity index (χ1v) is 7.42. The van der Waals surface area contributed by atoms with E-state index >= 15 is 0 Å². The van der Waals surface area contributed by atoms with Crippen molar-refractivity contribution < 1.29 is 4.79 Å². The number of hydrogen-bond donors (Lipinski definition) is 1. The number of benzene rings is 2. The quantitative estimate of drug-likeness (QED) is 0.798. The summed E-state index contributed by atoms with van der Waals surface area (Å²) in [4.78, 5) is 13.6. The molecule has 1 amide bonds. The van der Waals surface area contributed by atoms with Crippen molar-refractivity contribution in [1.29, 1.82) is 0 Å². The second-order valence-corrected chi connectivity index (χ2v) is 5.41. The largest absolute Gasteiger partial charge is 0.324 e. The van der Waals surface area contributed by atoms with Crippen LogP contribution in [0.4, 0.5) is 5.69 Å². The molecule has 0 saturated heterocycles. The van der Waals surface area contributed by atoms with E-state index in [1.165, 1.54) is 4.80 Å². The van der Waals surface area contributed by atoms with E-state index < -0.39 is 6.04 Å². The molecule has 3 rings (SSSR count). The summed E-state index contributed by atoms with van der Waals surface area (Å²) in [5.41, 5.74) is 1.47. The van der Waals surface area contributed by atoms with Gasteiger partial charge in [0.1, 0.15) is 6.04 Å². The third kappa shape index (κ3) is 3.54. The highest BCUT2D eigenvalue weighted by atomic mass is 35.5. The van der Waals surface area contributed by atoms with Crippen LogP contribution in [-0.4, -0.2) is 26.1 Å². The van der Waals surface area contributed by atoms with Crippen molar-refractivity contribution in [2.75, 3.05) is 5.32 Å². The van der Waals surface area contributed by atoms with Gasteiger partial charge in [0.15, 0.2) is 0 Å². The number of hydrogen-bond acceptors (Lipinski definition) is 4. The minimum atomic E-state index is -0.598. The number of halogens is 1. The number of aromatic nitrogens is 4. The SMILES string of the molecule is CC(C(=O)Nc1cccc(Cl)c1)n1nnc(-c2ccccc2)n1. The average Bonchev–Trinajstić information content (AvgIpc) is 3.05. The van der Waals surface area contributed by atoms with Gasteiger partial charge in [0, 0.05) is 16.3 Å². The van der Waals surface area contributed by atoms with Crippen molar-refractivity contribution in [2.24, 2.45) is 0 Å². The van der Waals surface area contributed by atoms with Crippen LogP contribution in [0.3, 0.4) is 0 Å². The Hall–Kier alpha value is -2.73. The number of carbonyl (C=O) groups is 1. The third-order valence-corrected chi connectivity index (χ3v) is 3.51. The fourth-order valence-corrected chi connectivity index (χ4v) is 2.20. The molecule has 2 aromatic carbocycles. The van der Waals surface area contributed by atoms with E-state index in [2.05, 4.69) is 20.7 Å². The molecule has 6 nitrogen and oxygen atoms in total. The molecule has 1 unspecified atom stereocenters. The Labute approximate surface area is 138 Å². The van der Waals surface area contributed by atoms with Gasteiger partial charge in [0.2, 0.25) is 5.82 Å². The van der Waals surface area contributed by atoms with Crippen molar-refractivity contribution in [3.63, 3.8) is 0 Å². The van der Waals surface area contributed by atoms with Crippen LogP contribution in [0.15, 0.2) is 54.6 Å². The lowest BCUT2D eigenvalue weighted by Gasteiger charge is -2.10. The Morgan fingerprint density at radius 3 is 2.70 bits per heavy atom. The predicted octanol–water partition coefficient (Wildman–Crippen LogP) is 3.19. The number of anilines is 1. The molecule has 0 aliphatic rings. The summed E-state index contributed by atoms with van der Waals surface area (Å²) in [6, 6.07) is 15.8. The molecule has 1 heterocycles. The molecule has 3 aromatic rings. The van der Waals surface area contributed by atoms with Crippen LogP contribution in [0, 0.1) is 0 Å². The number of nitrogens with zero attached hydrogens (tertiary/aromatic N) is 4. The van der Waals surface area contributed by atoms with Gasteiger partial charge in [-0.3, -0.25) is 4.79 Å². The monoisotopic (exact) mass is 327 g/mol. The molecule has 0 aliphatic heterocycles. The van der Waals surface area contributed by atoms with Gasteiger partial charge in [-0.25, -0.2) is 0 Å². The number of nitrogens with one attached hydrogen (secondary N) is 1. The Morgan fingerprint density at radius 1 is 1.17 bits per heavy atom. The molecule has 0 fully saturated rings. The topological polar surface area (TPSA) is 72.7 Å². The third-order valence-electron chi connectivity index (χ3n) is 3.28. The highest BCUT2D eigenvalue weighted by Crippen LogP contribution is 2.17. The molecule has 23 heavy (non-hydrogen) atoms. The first-order valence-electron chi connectivity index (χ1n) is 7.05. The number of amides is 1. The second-order valence-electron chi connectivity index (χ2n) is 4.98. The lowest BCUT2D eigenvalue weighted by molar-refractivity contribution is -0.119. The number of carbonyl (C=O) groups excluding carboxylic acids is 1. The molecule has 0 aliphatic carbocycles. The highest BCUT2D eigenvalue weighted by Gasteiger charge is 2.19. The summed E-state index contributed by atoms with van der Waals surface area (Å²) in [5.74, 6) is 0.234. The van der Waals surface area contributed by atoms with Crippen LogP contribution in [-0.2, 0) is 4.79 Å². The highest BCUT2D eigenvalue weighted by molar-refractivity contribution is 6.30. The second kappa shape index (κ2) is 6.58. The molecule has 0 spiro atoms.